The van der Waals surface area contributed by atoms with Gasteiger partial charge in [-0.1, -0.05) is 25.1 Å². The van der Waals surface area contributed by atoms with Crippen LogP contribution >= 0.6 is 0 Å². The van der Waals surface area contributed by atoms with Gasteiger partial charge in [0.25, 0.3) is 0 Å². The predicted octanol–water partition coefficient (Wildman–Crippen LogP) is 2.65. The molecule has 3 heteroatoms. The third kappa shape index (κ3) is 4.01. The molecule has 2 rings (SSSR count). The van der Waals surface area contributed by atoms with Crippen LogP contribution in [0, 0.1) is 5.92 Å². The molecule has 0 saturated heterocycles. The molecular formula is C16H22N2O. The fraction of sp³-hybridized carbons (Fsp3) is 0.438. The van der Waals surface area contributed by atoms with Gasteiger partial charge < -0.3 is 10.1 Å². The maximum Gasteiger partial charge on any atom is 0.0587 e. The van der Waals surface area contributed by atoms with Crippen LogP contribution in [-0.4, -0.2) is 31.8 Å². The van der Waals surface area contributed by atoms with Crippen LogP contribution in [0.1, 0.15) is 12.5 Å². The lowest BCUT2D eigenvalue weighted by atomic mass is 9.97. The highest BCUT2D eigenvalue weighted by Crippen LogP contribution is 2.20. The number of hydrogen-bond acceptors (Lipinski definition) is 3. The maximum absolute atomic E-state index is 5.03. The fourth-order valence-corrected chi connectivity index (χ4v) is 2.32. The molecule has 102 valence electrons. The van der Waals surface area contributed by atoms with Crippen molar-refractivity contribution in [1.82, 2.24) is 10.3 Å². The van der Waals surface area contributed by atoms with Crippen molar-refractivity contribution in [3.8, 4) is 0 Å². The highest BCUT2D eigenvalue weighted by atomic mass is 16.5. The average Bonchev–Trinajstić information content (AvgIpc) is 2.44. The van der Waals surface area contributed by atoms with Gasteiger partial charge in [0.05, 0.1) is 6.61 Å². The van der Waals surface area contributed by atoms with Crippen molar-refractivity contribution >= 4 is 10.8 Å². The molecule has 0 saturated carbocycles. The SMILES string of the molecule is COCCNCC(C)Cc1cccc2ccncc12. The minimum Gasteiger partial charge on any atom is -0.383 e. The van der Waals surface area contributed by atoms with Gasteiger partial charge in [0.15, 0.2) is 0 Å². The summed E-state index contributed by atoms with van der Waals surface area (Å²) in [4.78, 5) is 4.24. The van der Waals surface area contributed by atoms with Crippen LogP contribution in [0.15, 0.2) is 36.7 Å². The molecule has 0 radical (unpaired) electrons. The van der Waals surface area contributed by atoms with Gasteiger partial charge in [-0.15, -0.1) is 0 Å². The van der Waals surface area contributed by atoms with Gasteiger partial charge in [-0.3, -0.25) is 4.98 Å². The molecule has 0 fully saturated rings. The van der Waals surface area contributed by atoms with Crippen molar-refractivity contribution in [3.63, 3.8) is 0 Å². The fourth-order valence-electron chi connectivity index (χ4n) is 2.32. The van der Waals surface area contributed by atoms with E-state index in [4.69, 9.17) is 4.74 Å². The first-order valence-corrected chi connectivity index (χ1v) is 6.82. The van der Waals surface area contributed by atoms with Gasteiger partial charge >= 0.3 is 0 Å². The monoisotopic (exact) mass is 258 g/mol. The molecule has 0 amide bonds. The summed E-state index contributed by atoms with van der Waals surface area (Å²) >= 11 is 0. The summed E-state index contributed by atoms with van der Waals surface area (Å²) in [5.74, 6) is 0.600. The number of ether oxygens (including phenoxy) is 1. The van der Waals surface area contributed by atoms with Crippen LogP contribution in [0.5, 0.6) is 0 Å². The zero-order valence-corrected chi connectivity index (χ0v) is 11.7. The number of aromatic nitrogens is 1. The number of pyridine rings is 1. The Balaban J connectivity index is 1.97. The molecule has 1 aromatic carbocycles. The van der Waals surface area contributed by atoms with Crippen LogP contribution in [0.3, 0.4) is 0 Å². The van der Waals surface area contributed by atoms with Gasteiger partial charge in [-0.05, 0) is 35.9 Å². The van der Waals surface area contributed by atoms with Crippen molar-refractivity contribution in [1.29, 1.82) is 0 Å². The zero-order chi connectivity index (χ0) is 13.5. The largest absolute Gasteiger partial charge is 0.383 e. The smallest absolute Gasteiger partial charge is 0.0587 e. The number of fused-ring (bicyclic) bond motifs is 1. The van der Waals surface area contributed by atoms with E-state index < -0.39 is 0 Å². The molecule has 3 nitrogen and oxygen atoms in total. The van der Waals surface area contributed by atoms with Gasteiger partial charge in [-0.25, -0.2) is 0 Å². The van der Waals surface area contributed by atoms with Crippen molar-refractivity contribution in [2.45, 2.75) is 13.3 Å². The number of rotatable bonds is 7. The van der Waals surface area contributed by atoms with E-state index in [0.717, 1.165) is 26.1 Å². The highest BCUT2D eigenvalue weighted by molar-refractivity contribution is 5.84. The molecule has 0 spiro atoms. The summed E-state index contributed by atoms with van der Waals surface area (Å²) in [7, 11) is 1.73. The Morgan fingerprint density at radius 1 is 1.32 bits per heavy atom. The third-order valence-corrected chi connectivity index (χ3v) is 3.32. The number of benzene rings is 1. The normalized spacial score (nSPS) is 12.7. The van der Waals surface area contributed by atoms with Crippen LogP contribution in [0.2, 0.25) is 0 Å². The van der Waals surface area contributed by atoms with Crippen LogP contribution < -0.4 is 5.32 Å². The molecule has 19 heavy (non-hydrogen) atoms. The van der Waals surface area contributed by atoms with E-state index in [-0.39, 0.29) is 0 Å². The Labute approximate surface area is 115 Å². The molecule has 0 bridgehead atoms. The standard InChI is InChI=1S/C16H22N2O/c1-13(11-18-8-9-19-2)10-15-5-3-4-14-6-7-17-12-16(14)15/h3-7,12-13,18H,8-11H2,1-2H3. The lowest BCUT2D eigenvalue weighted by Gasteiger charge is -2.14. The quantitative estimate of drug-likeness (QED) is 0.775. The summed E-state index contributed by atoms with van der Waals surface area (Å²) in [6.45, 7) is 4.97. The van der Waals surface area contributed by atoms with E-state index in [9.17, 15) is 0 Å². The summed E-state index contributed by atoms with van der Waals surface area (Å²) in [5.41, 5.74) is 1.38. The molecular weight excluding hydrogens is 236 g/mol. The second kappa shape index (κ2) is 7.22. The molecule has 0 aliphatic heterocycles. The lowest BCUT2D eigenvalue weighted by Crippen LogP contribution is -2.25. The van der Waals surface area contributed by atoms with Gasteiger partial charge in [0.1, 0.15) is 0 Å². The van der Waals surface area contributed by atoms with Gasteiger partial charge in [-0.2, -0.15) is 0 Å². The van der Waals surface area contributed by atoms with Gasteiger partial charge in [0, 0.05) is 31.4 Å². The van der Waals surface area contributed by atoms with Crippen LogP contribution in [0.25, 0.3) is 10.8 Å². The average molecular weight is 258 g/mol. The third-order valence-electron chi connectivity index (χ3n) is 3.32. The maximum atomic E-state index is 5.03. The number of nitrogens with one attached hydrogen (secondary N) is 1. The van der Waals surface area contributed by atoms with Gasteiger partial charge in [0.2, 0.25) is 0 Å². The minimum absolute atomic E-state index is 0.600. The molecule has 1 N–H and O–H groups in total. The van der Waals surface area contributed by atoms with Crippen molar-refractivity contribution in [3.05, 3.63) is 42.2 Å². The van der Waals surface area contributed by atoms with E-state index >= 15 is 0 Å². The highest BCUT2D eigenvalue weighted by Gasteiger charge is 2.06. The Morgan fingerprint density at radius 3 is 3.05 bits per heavy atom. The van der Waals surface area contributed by atoms with E-state index in [2.05, 4.69) is 41.5 Å². The topological polar surface area (TPSA) is 34.1 Å². The first-order valence-electron chi connectivity index (χ1n) is 6.82. The molecule has 0 aliphatic rings. The molecule has 1 heterocycles. The first-order chi connectivity index (χ1) is 9.31. The molecule has 1 unspecified atom stereocenters. The summed E-state index contributed by atoms with van der Waals surface area (Å²) in [5, 5.41) is 5.96. The van der Waals surface area contributed by atoms with Crippen LogP contribution in [-0.2, 0) is 11.2 Å². The van der Waals surface area contributed by atoms with Crippen molar-refractivity contribution < 1.29 is 4.74 Å². The van der Waals surface area contributed by atoms with E-state index in [1.807, 2.05) is 12.4 Å². The Bertz CT molecular complexity index is 508. The molecule has 0 aliphatic carbocycles. The Hall–Kier alpha value is -1.45. The molecule has 1 atom stereocenters. The van der Waals surface area contributed by atoms with E-state index in [1.165, 1.54) is 16.3 Å². The zero-order valence-electron chi connectivity index (χ0n) is 11.7. The minimum atomic E-state index is 0.600. The Morgan fingerprint density at radius 2 is 2.21 bits per heavy atom. The van der Waals surface area contributed by atoms with E-state index in [1.54, 1.807) is 7.11 Å². The van der Waals surface area contributed by atoms with E-state index in [0.29, 0.717) is 5.92 Å². The number of nitrogens with zero attached hydrogens (tertiary/aromatic N) is 1. The Kier molecular flexibility index (Phi) is 5.31. The summed E-state index contributed by atoms with van der Waals surface area (Å²) in [6, 6.07) is 8.54. The second-order valence-corrected chi connectivity index (χ2v) is 5.02. The first kappa shape index (κ1) is 14.0. The number of methoxy groups -OCH3 is 1. The summed E-state index contributed by atoms with van der Waals surface area (Å²) < 4.78 is 5.03. The van der Waals surface area contributed by atoms with Crippen molar-refractivity contribution in [2.24, 2.45) is 5.92 Å². The predicted molar refractivity (Wildman–Crippen MR) is 79.4 cm³/mol. The summed E-state index contributed by atoms with van der Waals surface area (Å²) in [6.07, 6.45) is 4.89. The molecule has 1 aromatic heterocycles. The van der Waals surface area contributed by atoms with Crippen molar-refractivity contribution in [2.75, 3.05) is 26.8 Å². The lowest BCUT2D eigenvalue weighted by molar-refractivity contribution is 0.198. The number of hydrogen-bond donors (Lipinski definition) is 1. The second-order valence-electron chi connectivity index (χ2n) is 5.02. The van der Waals surface area contributed by atoms with Crippen LogP contribution in [0.4, 0.5) is 0 Å². The molecule has 2 aromatic rings.